The smallest absolute Gasteiger partial charge is 0.407 e. The van der Waals surface area contributed by atoms with Gasteiger partial charge in [-0.15, -0.1) is 0 Å². The highest BCUT2D eigenvalue weighted by atomic mass is 79.9. The van der Waals surface area contributed by atoms with Crippen LogP contribution in [0.25, 0.3) is 0 Å². The Bertz CT molecular complexity index is 472. The number of ether oxygens (including phenoxy) is 1. The second-order valence-electron chi connectivity index (χ2n) is 4.16. The van der Waals surface area contributed by atoms with Gasteiger partial charge in [-0.25, -0.2) is 0 Å². The maximum absolute atomic E-state index is 12.8. The SMILES string of the molecule is COc1c(C)c(C)c(Br)c(C)c1C(N)C(F)(F)F. The number of halogens is 4. The van der Waals surface area contributed by atoms with Crippen LogP contribution < -0.4 is 10.5 Å². The van der Waals surface area contributed by atoms with Crippen molar-refractivity contribution in [3.05, 3.63) is 26.7 Å². The van der Waals surface area contributed by atoms with Gasteiger partial charge in [-0.2, -0.15) is 13.2 Å². The summed E-state index contributed by atoms with van der Waals surface area (Å²) in [4.78, 5) is 0. The fourth-order valence-electron chi connectivity index (χ4n) is 1.91. The van der Waals surface area contributed by atoms with Gasteiger partial charge in [-0.1, -0.05) is 15.9 Å². The molecule has 0 radical (unpaired) electrons. The Kier molecular flexibility index (Phi) is 4.33. The molecule has 2 N–H and O–H groups in total. The molecule has 0 bridgehead atoms. The maximum Gasteiger partial charge on any atom is 0.407 e. The van der Waals surface area contributed by atoms with Crippen molar-refractivity contribution in [1.82, 2.24) is 0 Å². The fraction of sp³-hybridized carbons (Fsp3) is 0.500. The van der Waals surface area contributed by atoms with Crippen molar-refractivity contribution in [3.63, 3.8) is 0 Å². The molecule has 1 rings (SSSR count). The molecule has 0 aromatic heterocycles. The van der Waals surface area contributed by atoms with E-state index < -0.39 is 12.2 Å². The number of alkyl halides is 3. The first kappa shape index (κ1) is 15.3. The molecule has 0 saturated heterocycles. The highest BCUT2D eigenvalue weighted by Gasteiger charge is 2.41. The van der Waals surface area contributed by atoms with E-state index in [1.807, 2.05) is 6.92 Å². The van der Waals surface area contributed by atoms with Gasteiger partial charge in [-0.3, -0.25) is 0 Å². The van der Waals surface area contributed by atoms with Gasteiger partial charge in [-0.05, 0) is 37.5 Å². The van der Waals surface area contributed by atoms with E-state index in [4.69, 9.17) is 10.5 Å². The molecule has 0 aliphatic carbocycles. The molecular weight excluding hydrogens is 311 g/mol. The molecule has 2 nitrogen and oxygen atoms in total. The van der Waals surface area contributed by atoms with Crippen molar-refractivity contribution < 1.29 is 17.9 Å². The summed E-state index contributed by atoms with van der Waals surface area (Å²) in [5.74, 6) is 0.207. The molecule has 1 aromatic rings. The maximum atomic E-state index is 12.8. The fourth-order valence-corrected chi connectivity index (χ4v) is 2.42. The molecule has 1 unspecified atom stereocenters. The highest BCUT2D eigenvalue weighted by Crippen LogP contribution is 2.43. The van der Waals surface area contributed by atoms with Gasteiger partial charge in [0, 0.05) is 10.0 Å². The van der Waals surface area contributed by atoms with E-state index in [0.29, 0.717) is 15.6 Å². The first-order chi connectivity index (χ1) is 8.12. The minimum atomic E-state index is -4.50. The summed E-state index contributed by atoms with van der Waals surface area (Å²) in [7, 11) is 1.35. The molecule has 1 aromatic carbocycles. The van der Waals surface area contributed by atoms with Crippen LogP contribution in [0.1, 0.15) is 28.3 Å². The molecule has 0 spiro atoms. The third-order valence-electron chi connectivity index (χ3n) is 3.08. The molecule has 0 aliphatic rings. The number of rotatable bonds is 2. The molecule has 6 heteroatoms. The summed E-state index contributed by atoms with van der Waals surface area (Å²) in [6.45, 7) is 5.13. The highest BCUT2D eigenvalue weighted by molar-refractivity contribution is 9.10. The third kappa shape index (κ3) is 2.49. The number of hydrogen-bond donors (Lipinski definition) is 1. The van der Waals surface area contributed by atoms with E-state index in [2.05, 4.69) is 15.9 Å². The minimum Gasteiger partial charge on any atom is -0.496 e. The van der Waals surface area contributed by atoms with Crippen LogP contribution >= 0.6 is 15.9 Å². The Morgan fingerprint density at radius 1 is 1.11 bits per heavy atom. The lowest BCUT2D eigenvalue weighted by molar-refractivity contribution is -0.149. The van der Waals surface area contributed by atoms with Gasteiger partial charge in [0.05, 0.1) is 7.11 Å². The predicted octanol–water partition coefficient (Wildman–Crippen LogP) is 3.95. The van der Waals surface area contributed by atoms with Crippen LogP contribution in [0.5, 0.6) is 5.75 Å². The van der Waals surface area contributed by atoms with Crippen LogP contribution in [-0.4, -0.2) is 13.3 Å². The zero-order chi connectivity index (χ0) is 14.2. The Morgan fingerprint density at radius 3 is 2.00 bits per heavy atom. The van der Waals surface area contributed by atoms with Crippen LogP contribution in [0, 0.1) is 20.8 Å². The molecule has 0 fully saturated rings. The van der Waals surface area contributed by atoms with Crippen LogP contribution in [0.4, 0.5) is 13.2 Å². The normalized spacial score (nSPS) is 13.6. The molecular formula is C12H15BrF3NO. The van der Waals surface area contributed by atoms with E-state index in [-0.39, 0.29) is 11.3 Å². The quantitative estimate of drug-likeness (QED) is 0.893. The zero-order valence-electron chi connectivity index (χ0n) is 10.6. The largest absolute Gasteiger partial charge is 0.496 e. The predicted molar refractivity (Wildman–Crippen MR) is 67.9 cm³/mol. The van der Waals surface area contributed by atoms with Crippen molar-refractivity contribution in [2.24, 2.45) is 5.73 Å². The van der Waals surface area contributed by atoms with Gasteiger partial charge in [0.25, 0.3) is 0 Å². The second kappa shape index (κ2) is 5.09. The molecule has 0 heterocycles. The van der Waals surface area contributed by atoms with Crippen LogP contribution in [0.2, 0.25) is 0 Å². The second-order valence-corrected chi connectivity index (χ2v) is 4.95. The number of methoxy groups -OCH3 is 1. The average Bonchev–Trinajstić information content (AvgIpc) is 2.28. The molecule has 0 aliphatic heterocycles. The Labute approximate surface area is 112 Å². The zero-order valence-corrected chi connectivity index (χ0v) is 12.2. The molecule has 18 heavy (non-hydrogen) atoms. The minimum absolute atomic E-state index is 0.0139. The van der Waals surface area contributed by atoms with Gasteiger partial charge < -0.3 is 10.5 Å². The first-order valence-corrected chi connectivity index (χ1v) is 6.07. The van der Waals surface area contributed by atoms with E-state index in [1.165, 1.54) is 7.11 Å². The van der Waals surface area contributed by atoms with E-state index in [9.17, 15) is 13.2 Å². The molecule has 1 atom stereocenters. The topological polar surface area (TPSA) is 35.2 Å². The lowest BCUT2D eigenvalue weighted by Crippen LogP contribution is -2.30. The van der Waals surface area contributed by atoms with Gasteiger partial charge >= 0.3 is 6.18 Å². The summed E-state index contributed by atoms with van der Waals surface area (Å²) in [5.41, 5.74) is 7.26. The van der Waals surface area contributed by atoms with Crippen molar-refractivity contribution in [1.29, 1.82) is 0 Å². The standard InChI is InChI=1S/C12H15BrF3NO/c1-5-6(2)10(18-4)8(7(3)9(5)13)11(17)12(14,15)16/h11H,17H2,1-4H3. The van der Waals surface area contributed by atoms with Crippen molar-refractivity contribution in [2.45, 2.75) is 33.0 Å². The lowest BCUT2D eigenvalue weighted by Gasteiger charge is -2.24. The summed E-state index contributed by atoms with van der Waals surface area (Å²) >= 11 is 3.30. The number of nitrogens with two attached hydrogens (primary N) is 1. The Hall–Kier alpha value is -0.750. The van der Waals surface area contributed by atoms with E-state index in [1.54, 1.807) is 13.8 Å². The summed E-state index contributed by atoms with van der Waals surface area (Å²) in [6, 6.07) is -2.05. The van der Waals surface area contributed by atoms with E-state index in [0.717, 1.165) is 5.56 Å². The van der Waals surface area contributed by atoms with Crippen LogP contribution in [0.3, 0.4) is 0 Å². The van der Waals surface area contributed by atoms with Gasteiger partial charge in [0.1, 0.15) is 11.8 Å². The molecule has 102 valence electrons. The number of benzene rings is 1. The van der Waals surface area contributed by atoms with Crippen molar-refractivity contribution >= 4 is 15.9 Å². The summed E-state index contributed by atoms with van der Waals surface area (Å²) < 4.78 is 44.1. The molecule has 0 amide bonds. The lowest BCUT2D eigenvalue weighted by atomic mass is 9.94. The van der Waals surface area contributed by atoms with Crippen LogP contribution in [0.15, 0.2) is 4.47 Å². The summed E-state index contributed by atoms with van der Waals surface area (Å²) in [6.07, 6.45) is -4.50. The number of hydrogen-bond acceptors (Lipinski definition) is 2. The first-order valence-electron chi connectivity index (χ1n) is 5.28. The molecule has 0 saturated carbocycles. The van der Waals surface area contributed by atoms with Gasteiger partial charge in [0.2, 0.25) is 0 Å². The average molecular weight is 326 g/mol. The van der Waals surface area contributed by atoms with Gasteiger partial charge in [0.15, 0.2) is 0 Å². The monoisotopic (exact) mass is 325 g/mol. The third-order valence-corrected chi connectivity index (χ3v) is 4.27. The Morgan fingerprint density at radius 2 is 1.61 bits per heavy atom. The Balaban J connectivity index is 3.62. The van der Waals surface area contributed by atoms with Crippen molar-refractivity contribution in [3.8, 4) is 5.75 Å². The van der Waals surface area contributed by atoms with E-state index >= 15 is 0 Å². The summed E-state index contributed by atoms with van der Waals surface area (Å²) in [5, 5.41) is 0. The van der Waals surface area contributed by atoms with Crippen molar-refractivity contribution in [2.75, 3.05) is 7.11 Å². The van der Waals surface area contributed by atoms with Crippen LogP contribution in [-0.2, 0) is 0 Å².